The molecule has 0 aliphatic rings. The van der Waals surface area contributed by atoms with Gasteiger partial charge in [0.1, 0.15) is 5.76 Å². The van der Waals surface area contributed by atoms with Gasteiger partial charge in [-0.3, -0.25) is 0 Å². The largest absolute Gasteiger partial charge is 0.469 e. The molecule has 16 heavy (non-hydrogen) atoms. The number of rotatable bonds is 4. The molecular formula is C12H17N3O. The number of hydrogen-bond donors (Lipinski definition) is 1. The fourth-order valence-corrected chi connectivity index (χ4v) is 1.85. The fraction of sp³-hybridized carbons (Fsp3) is 0.417. The first-order chi connectivity index (χ1) is 7.68. The average molecular weight is 219 g/mol. The standard InChI is InChI=1S/C12H17N3O/c1-9(6-11-4-3-5-16-11)15-8-14-7-12(15)10(2)13/h3-5,7-10H,6,13H2,1-2H3/t9?,10-/m1/s1. The van der Waals surface area contributed by atoms with Crippen molar-refractivity contribution in [1.29, 1.82) is 0 Å². The monoisotopic (exact) mass is 219 g/mol. The summed E-state index contributed by atoms with van der Waals surface area (Å²) in [7, 11) is 0. The van der Waals surface area contributed by atoms with Crippen LogP contribution in [0, 0.1) is 0 Å². The zero-order chi connectivity index (χ0) is 11.5. The Bertz CT molecular complexity index is 431. The first kappa shape index (κ1) is 11.0. The van der Waals surface area contributed by atoms with E-state index in [4.69, 9.17) is 10.2 Å². The molecule has 4 nitrogen and oxygen atoms in total. The lowest BCUT2D eigenvalue weighted by Gasteiger charge is -2.17. The SMILES string of the molecule is CC(Cc1ccco1)n1cncc1[C@@H](C)N. The molecule has 2 N–H and O–H groups in total. The van der Waals surface area contributed by atoms with E-state index in [2.05, 4.69) is 16.5 Å². The maximum absolute atomic E-state index is 5.89. The number of furan rings is 1. The van der Waals surface area contributed by atoms with Crippen molar-refractivity contribution in [3.05, 3.63) is 42.4 Å². The van der Waals surface area contributed by atoms with Crippen LogP contribution < -0.4 is 5.73 Å². The highest BCUT2D eigenvalue weighted by Crippen LogP contribution is 2.19. The van der Waals surface area contributed by atoms with E-state index in [1.165, 1.54) is 0 Å². The fourth-order valence-electron chi connectivity index (χ4n) is 1.85. The van der Waals surface area contributed by atoms with Crippen LogP contribution >= 0.6 is 0 Å². The van der Waals surface area contributed by atoms with Gasteiger partial charge < -0.3 is 14.7 Å². The van der Waals surface area contributed by atoms with E-state index in [0.29, 0.717) is 6.04 Å². The average Bonchev–Trinajstić information content (AvgIpc) is 2.86. The van der Waals surface area contributed by atoms with E-state index in [1.807, 2.05) is 31.6 Å². The lowest BCUT2D eigenvalue weighted by atomic mass is 10.1. The summed E-state index contributed by atoms with van der Waals surface area (Å²) in [5, 5.41) is 0. The molecular weight excluding hydrogens is 202 g/mol. The molecule has 0 aromatic carbocycles. The van der Waals surface area contributed by atoms with Gasteiger partial charge in [0.2, 0.25) is 0 Å². The van der Waals surface area contributed by atoms with Crippen LogP contribution in [0.1, 0.15) is 37.4 Å². The van der Waals surface area contributed by atoms with Gasteiger partial charge in [0.25, 0.3) is 0 Å². The Kier molecular flexibility index (Phi) is 3.10. The zero-order valence-corrected chi connectivity index (χ0v) is 9.63. The Morgan fingerprint density at radius 2 is 2.31 bits per heavy atom. The smallest absolute Gasteiger partial charge is 0.105 e. The molecule has 0 saturated carbocycles. The molecule has 0 fully saturated rings. The van der Waals surface area contributed by atoms with Crippen LogP contribution in [0.2, 0.25) is 0 Å². The third kappa shape index (κ3) is 2.17. The second-order valence-electron chi connectivity index (χ2n) is 4.15. The molecule has 0 bridgehead atoms. The minimum atomic E-state index is 0.00144. The molecule has 2 heterocycles. The number of imidazole rings is 1. The van der Waals surface area contributed by atoms with Crippen LogP contribution in [0.25, 0.3) is 0 Å². The molecule has 0 amide bonds. The van der Waals surface area contributed by atoms with Crippen molar-refractivity contribution in [3.8, 4) is 0 Å². The van der Waals surface area contributed by atoms with Crippen LogP contribution in [0.15, 0.2) is 35.3 Å². The minimum Gasteiger partial charge on any atom is -0.469 e. The number of nitrogens with zero attached hydrogens (tertiary/aromatic N) is 2. The Morgan fingerprint density at radius 1 is 1.50 bits per heavy atom. The van der Waals surface area contributed by atoms with Gasteiger partial charge in [-0.15, -0.1) is 0 Å². The molecule has 0 aliphatic carbocycles. The molecule has 2 atom stereocenters. The summed E-state index contributed by atoms with van der Waals surface area (Å²) < 4.78 is 7.44. The first-order valence-electron chi connectivity index (χ1n) is 5.48. The molecule has 4 heteroatoms. The molecule has 0 saturated heterocycles. The second-order valence-corrected chi connectivity index (χ2v) is 4.15. The highest BCUT2D eigenvalue weighted by Gasteiger charge is 2.13. The van der Waals surface area contributed by atoms with E-state index in [0.717, 1.165) is 17.9 Å². The normalized spacial score (nSPS) is 14.9. The predicted molar refractivity (Wildman–Crippen MR) is 62.0 cm³/mol. The lowest BCUT2D eigenvalue weighted by molar-refractivity contribution is 0.438. The minimum absolute atomic E-state index is 0.00144. The van der Waals surface area contributed by atoms with E-state index < -0.39 is 0 Å². The summed E-state index contributed by atoms with van der Waals surface area (Å²) >= 11 is 0. The van der Waals surface area contributed by atoms with E-state index in [-0.39, 0.29) is 6.04 Å². The van der Waals surface area contributed by atoms with Crippen molar-refractivity contribution in [3.63, 3.8) is 0 Å². The maximum Gasteiger partial charge on any atom is 0.105 e. The van der Waals surface area contributed by atoms with Gasteiger partial charge in [0, 0.05) is 24.7 Å². The first-order valence-corrected chi connectivity index (χ1v) is 5.48. The Balaban J connectivity index is 2.14. The third-order valence-electron chi connectivity index (χ3n) is 2.71. The van der Waals surface area contributed by atoms with Crippen LogP contribution in [-0.4, -0.2) is 9.55 Å². The summed E-state index contributed by atoms with van der Waals surface area (Å²) in [4.78, 5) is 4.15. The van der Waals surface area contributed by atoms with Crippen molar-refractivity contribution in [2.24, 2.45) is 5.73 Å². The second kappa shape index (κ2) is 4.53. The van der Waals surface area contributed by atoms with Crippen LogP contribution in [-0.2, 0) is 6.42 Å². The number of aromatic nitrogens is 2. The van der Waals surface area contributed by atoms with E-state index >= 15 is 0 Å². The Hall–Kier alpha value is -1.55. The van der Waals surface area contributed by atoms with Crippen LogP contribution in [0.3, 0.4) is 0 Å². The molecule has 2 aromatic rings. The van der Waals surface area contributed by atoms with Gasteiger partial charge in [-0.1, -0.05) is 0 Å². The molecule has 86 valence electrons. The van der Waals surface area contributed by atoms with Gasteiger partial charge in [-0.05, 0) is 26.0 Å². The zero-order valence-electron chi connectivity index (χ0n) is 9.63. The molecule has 0 radical (unpaired) electrons. The molecule has 0 spiro atoms. The third-order valence-corrected chi connectivity index (χ3v) is 2.71. The van der Waals surface area contributed by atoms with Crippen molar-refractivity contribution >= 4 is 0 Å². The molecule has 2 aromatic heterocycles. The molecule has 2 rings (SSSR count). The topological polar surface area (TPSA) is 57.0 Å². The highest BCUT2D eigenvalue weighted by molar-refractivity contribution is 5.07. The van der Waals surface area contributed by atoms with Crippen LogP contribution in [0.5, 0.6) is 0 Å². The van der Waals surface area contributed by atoms with Crippen molar-refractivity contribution < 1.29 is 4.42 Å². The van der Waals surface area contributed by atoms with E-state index in [9.17, 15) is 0 Å². The summed E-state index contributed by atoms with van der Waals surface area (Å²) in [6.07, 6.45) is 6.20. The number of hydrogen-bond acceptors (Lipinski definition) is 3. The summed E-state index contributed by atoms with van der Waals surface area (Å²) in [5.74, 6) is 0.983. The summed E-state index contributed by atoms with van der Waals surface area (Å²) in [6.45, 7) is 4.10. The van der Waals surface area contributed by atoms with E-state index in [1.54, 1.807) is 6.26 Å². The Labute approximate surface area is 95.1 Å². The van der Waals surface area contributed by atoms with Crippen molar-refractivity contribution in [2.75, 3.05) is 0 Å². The van der Waals surface area contributed by atoms with Gasteiger partial charge in [-0.25, -0.2) is 4.98 Å². The van der Waals surface area contributed by atoms with Gasteiger partial charge in [0.05, 0.1) is 18.3 Å². The quantitative estimate of drug-likeness (QED) is 0.858. The molecule has 0 aliphatic heterocycles. The summed E-state index contributed by atoms with van der Waals surface area (Å²) in [5.41, 5.74) is 6.94. The molecule has 1 unspecified atom stereocenters. The van der Waals surface area contributed by atoms with Crippen LogP contribution in [0.4, 0.5) is 0 Å². The Morgan fingerprint density at radius 3 is 2.94 bits per heavy atom. The highest BCUT2D eigenvalue weighted by atomic mass is 16.3. The van der Waals surface area contributed by atoms with Gasteiger partial charge in [0.15, 0.2) is 0 Å². The van der Waals surface area contributed by atoms with Gasteiger partial charge >= 0.3 is 0 Å². The lowest BCUT2D eigenvalue weighted by Crippen LogP contribution is -2.16. The number of nitrogens with two attached hydrogens (primary N) is 1. The predicted octanol–water partition coefficient (Wildman–Crippen LogP) is 2.30. The van der Waals surface area contributed by atoms with Crippen molar-refractivity contribution in [1.82, 2.24) is 9.55 Å². The van der Waals surface area contributed by atoms with Gasteiger partial charge in [-0.2, -0.15) is 0 Å². The summed E-state index contributed by atoms with van der Waals surface area (Å²) in [6, 6.07) is 4.19. The maximum atomic E-state index is 5.89. The van der Waals surface area contributed by atoms with Crippen molar-refractivity contribution in [2.45, 2.75) is 32.4 Å².